The Morgan fingerprint density at radius 1 is 1.16 bits per heavy atom. The normalized spacial score (nSPS) is 26.2. The second-order valence-corrected chi connectivity index (χ2v) is 13.5. The smallest absolute Gasteiger partial charge is 0.310 e. The second kappa shape index (κ2) is 13.1. The highest BCUT2D eigenvalue weighted by atomic mass is 32.2. The van der Waals surface area contributed by atoms with Gasteiger partial charge in [-0.2, -0.15) is 0 Å². The van der Waals surface area contributed by atoms with Crippen LogP contribution < -0.4 is 4.90 Å². The number of esters is 1. The predicted octanol–water partition coefficient (Wildman–Crippen LogP) is 5.55. The van der Waals surface area contributed by atoms with Crippen molar-refractivity contribution in [1.82, 2.24) is 4.90 Å². The zero-order valence-electron chi connectivity index (χ0n) is 25.1. The van der Waals surface area contributed by atoms with Crippen LogP contribution in [-0.4, -0.2) is 63.6 Å². The van der Waals surface area contributed by atoms with Gasteiger partial charge in [-0.25, -0.2) is 0 Å². The summed E-state index contributed by atoms with van der Waals surface area (Å²) in [4.78, 5) is 46.5. The summed E-state index contributed by atoms with van der Waals surface area (Å²) in [5, 5.41) is 10.7. The first kappa shape index (κ1) is 31.1. The molecule has 2 aromatic carbocycles. The summed E-state index contributed by atoms with van der Waals surface area (Å²) in [6.45, 7) is 11.8. The first-order valence-electron chi connectivity index (χ1n) is 15.2. The number of fused-ring (bicyclic) bond motifs is 1. The van der Waals surface area contributed by atoms with Crippen molar-refractivity contribution in [1.29, 1.82) is 0 Å². The number of anilines is 1. The lowest BCUT2D eigenvalue weighted by Crippen LogP contribution is -2.56. The van der Waals surface area contributed by atoms with Crippen LogP contribution in [0.25, 0.3) is 0 Å². The van der Waals surface area contributed by atoms with E-state index in [2.05, 4.69) is 13.2 Å². The summed E-state index contributed by atoms with van der Waals surface area (Å²) in [6, 6.07) is 13.7. The lowest BCUT2D eigenvalue weighted by Gasteiger charge is -2.40. The molecule has 5 rings (SSSR count). The first-order valence-corrected chi connectivity index (χ1v) is 16.1. The van der Waals surface area contributed by atoms with Crippen molar-refractivity contribution in [2.45, 2.75) is 68.0 Å². The van der Waals surface area contributed by atoms with Crippen molar-refractivity contribution < 1.29 is 24.2 Å². The number of allylic oxidation sites excluding steroid dienone is 1. The number of aliphatic hydroxyl groups excluding tert-OH is 1. The van der Waals surface area contributed by atoms with Crippen LogP contribution in [0, 0.1) is 25.7 Å². The molecule has 3 aliphatic rings. The van der Waals surface area contributed by atoms with Gasteiger partial charge in [-0.15, -0.1) is 24.9 Å². The van der Waals surface area contributed by atoms with Crippen molar-refractivity contribution >= 4 is 35.2 Å². The van der Waals surface area contributed by atoms with E-state index in [1.165, 1.54) is 0 Å². The Morgan fingerprint density at radius 3 is 2.63 bits per heavy atom. The molecule has 2 aromatic rings. The van der Waals surface area contributed by atoms with E-state index in [9.17, 15) is 19.5 Å². The molecule has 43 heavy (non-hydrogen) atoms. The fourth-order valence-corrected chi connectivity index (χ4v) is 9.44. The molecule has 0 aromatic heterocycles. The molecule has 6 atom stereocenters. The number of aliphatic hydroxyl groups is 1. The number of likely N-dealkylation sites (tertiary alicyclic amines) is 1. The molecule has 3 saturated heterocycles. The highest BCUT2D eigenvalue weighted by molar-refractivity contribution is 8.02. The molecule has 0 radical (unpaired) electrons. The maximum absolute atomic E-state index is 14.9. The van der Waals surface area contributed by atoms with Gasteiger partial charge in [0.25, 0.3) is 5.91 Å². The number of unbranched alkanes of at least 4 members (excludes halogenated alkanes) is 2. The van der Waals surface area contributed by atoms with Crippen LogP contribution in [0.4, 0.5) is 5.69 Å². The maximum atomic E-state index is 14.9. The van der Waals surface area contributed by atoms with Gasteiger partial charge in [-0.3, -0.25) is 14.4 Å². The fraction of sp³-hybridized carbons (Fsp3) is 0.457. The molecule has 3 heterocycles. The van der Waals surface area contributed by atoms with Gasteiger partial charge < -0.3 is 19.6 Å². The molecule has 1 spiro atoms. The van der Waals surface area contributed by atoms with Gasteiger partial charge in [0.2, 0.25) is 5.91 Å². The standard InChI is InChI=1S/C35H42N2O5S/c1-5-7-8-12-20-42-34(41)29-28-17-18-35(43-28)30(29)32(39)37(27(22-38)25-13-10-9-11-14-25)31(35)33(40)36(19-6-2)26-21-23(3)15-16-24(26)4/h5-6,9-11,13-16,21,27-31,38H,1-2,7-8,12,17-20,22H2,3-4H3/t27-,28-,29+,30+,31?,35?/m1/s1. The minimum absolute atomic E-state index is 0.0927. The van der Waals surface area contributed by atoms with E-state index in [0.29, 0.717) is 13.0 Å². The molecule has 0 aliphatic carbocycles. The van der Waals surface area contributed by atoms with Crippen LogP contribution in [0.1, 0.15) is 54.8 Å². The van der Waals surface area contributed by atoms with Crippen LogP contribution in [0.2, 0.25) is 0 Å². The molecule has 228 valence electrons. The zero-order chi connectivity index (χ0) is 30.7. The Kier molecular flexibility index (Phi) is 9.47. The van der Waals surface area contributed by atoms with E-state index >= 15 is 0 Å². The molecule has 2 amide bonds. The van der Waals surface area contributed by atoms with E-state index in [-0.39, 0.29) is 36.2 Å². The van der Waals surface area contributed by atoms with Gasteiger partial charge in [0, 0.05) is 17.5 Å². The van der Waals surface area contributed by atoms with Crippen LogP contribution in [0.5, 0.6) is 0 Å². The molecular weight excluding hydrogens is 560 g/mol. The number of aryl methyl sites for hydroxylation is 2. The van der Waals surface area contributed by atoms with Gasteiger partial charge in [0.15, 0.2) is 0 Å². The lowest BCUT2D eigenvalue weighted by molar-refractivity contribution is -0.154. The van der Waals surface area contributed by atoms with Crippen LogP contribution >= 0.6 is 11.8 Å². The van der Waals surface area contributed by atoms with E-state index in [1.807, 2.05) is 68.5 Å². The summed E-state index contributed by atoms with van der Waals surface area (Å²) in [5.41, 5.74) is 3.47. The summed E-state index contributed by atoms with van der Waals surface area (Å²) in [5.74, 6) is -2.17. The summed E-state index contributed by atoms with van der Waals surface area (Å²) >= 11 is 1.61. The molecule has 1 N–H and O–H groups in total. The molecule has 2 bridgehead atoms. The Labute approximate surface area is 259 Å². The Bertz CT molecular complexity index is 1380. The minimum atomic E-state index is -0.873. The average molecular weight is 603 g/mol. The number of benzene rings is 2. The van der Waals surface area contributed by atoms with Gasteiger partial charge in [0.1, 0.15) is 6.04 Å². The number of thioether (sulfide) groups is 1. The number of carbonyl (C=O) groups is 3. The number of amides is 2. The Morgan fingerprint density at radius 2 is 1.93 bits per heavy atom. The van der Waals surface area contributed by atoms with Gasteiger partial charge in [0.05, 0.1) is 35.8 Å². The van der Waals surface area contributed by atoms with Crippen molar-refractivity contribution in [3.63, 3.8) is 0 Å². The van der Waals surface area contributed by atoms with Crippen molar-refractivity contribution in [2.75, 3.05) is 24.7 Å². The SMILES string of the molecule is C=CCCCCOC(=O)[C@@H]1[C@H]2C(=O)N([C@H](CO)c3ccccc3)C(C(=O)N(CC=C)c3cc(C)ccc3C)C23CC[C@H]1S3. The van der Waals surface area contributed by atoms with Crippen molar-refractivity contribution in [2.24, 2.45) is 11.8 Å². The zero-order valence-corrected chi connectivity index (χ0v) is 25.9. The highest BCUT2D eigenvalue weighted by Crippen LogP contribution is 2.67. The van der Waals surface area contributed by atoms with Crippen LogP contribution in [0.15, 0.2) is 73.8 Å². The number of nitrogens with zero attached hydrogens (tertiary/aromatic N) is 2. The van der Waals surface area contributed by atoms with E-state index in [1.54, 1.807) is 27.6 Å². The van der Waals surface area contributed by atoms with Gasteiger partial charge in [-0.05, 0) is 68.7 Å². The molecule has 3 fully saturated rings. The second-order valence-electron chi connectivity index (χ2n) is 11.9. The number of hydrogen-bond acceptors (Lipinski definition) is 6. The number of carbonyl (C=O) groups excluding carboxylic acids is 3. The Hall–Kier alpha value is -3.36. The largest absolute Gasteiger partial charge is 0.465 e. The molecule has 3 aliphatic heterocycles. The number of ether oxygens (including phenoxy) is 1. The van der Waals surface area contributed by atoms with Crippen molar-refractivity contribution in [3.05, 3.63) is 90.5 Å². The maximum Gasteiger partial charge on any atom is 0.310 e. The topological polar surface area (TPSA) is 87.1 Å². The fourth-order valence-electron chi connectivity index (χ4n) is 7.26. The van der Waals surface area contributed by atoms with Gasteiger partial charge >= 0.3 is 5.97 Å². The third-order valence-corrected chi connectivity index (χ3v) is 11.2. The van der Waals surface area contributed by atoms with Gasteiger partial charge in [-0.1, -0.05) is 54.6 Å². The van der Waals surface area contributed by atoms with Crippen LogP contribution in [-0.2, 0) is 19.1 Å². The summed E-state index contributed by atoms with van der Waals surface area (Å²) in [6.07, 6.45) is 7.36. The third-order valence-electron chi connectivity index (χ3n) is 9.22. The Balaban J connectivity index is 1.57. The van der Waals surface area contributed by atoms with E-state index in [4.69, 9.17) is 4.74 Å². The molecular formula is C35H42N2O5S. The first-order chi connectivity index (χ1) is 20.8. The van der Waals surface area contributed by atoms with Crippen LogP contribution in [0.3, 0.4) is 0 Å². The quantitative estimate of drug-likeness (QED) is 0.184. The predicted molar refractivity (Wildman–Crippen MR) is 171 cm³/mol. The molecule has 8 heteroatoms. The van der Waals surface area contributed by atoms with E-state index < -0.39 is 28.7 Å². The van der Waals surface area contributed by atoms with E-state index in [0.717, 1.165) is 48.1 Å². The summed E-state index contributed by atoms with van der Waals surface area (Å²) in [7, 11) is 0. The summed E-state index contributed by atoms with van der Waals surface area (Å²) < 4.78 is 4.95. The molecule has 0 saturated carbocycles. The average Bonchev–Trinajstić information content (AvgIpc) is 3.65. The number of rotatable bonds is 13. The monoisotopic (exact) mass is 602 g/mol. The molecule has 7 nitrogen and oxygen atoms in total. The lowest BCUT2D eigenvalue weighted by atomic mass is 9.71. The highest BCUT2D eigenvalue weighted by Gasteiger charge is 2.75. The third kappa shape index (κ3) is 5.55. The number of hydrogen-bond donors (Lipinski definition) is 1. The molecule has 2 unspecified atom stereocenters. The van der Waals surface area contributed by atoms with Crippen molar-refractivity contribution in [3.8, 4) is 0 Å². The minimum Gasteiger partial charge on any atom is -0.465 e.